The molecule has 0 radical (unpaired) electrons. The second-order valence-corrected chi connectivity index (χ2v) is 7.88. The molecule has 1 aliphatic heterocycles. The Hall–Kier alpha value is -2.99. The number of piperidine rings is 1. The largest absolute Gasteiger partial charge is 0.352 e. The zero-order valence-electron chi connectivity index (χ0n) is 17.0. The number of hydrogen-bond acceptors (Lipinski definition) is 5. The average Bonchev–Trinajstić information content (AvgIpc) is 2.73. The molecule has 0 atom stereocenters. The summed E-state index contributed by atoms with van der Waals surface area (Å²) in [4.78, 5) is 23.7. The van der Waals surface area contributed by atoms with Crippen molar-refractivity contribution in [3.8, 4) is 0 Å². The second kappa shape index (κ2) is 8.57. The lowest BCUT2D eigenvalue weighted by atomic mass is 9.96. The zero-order chi connectivity index (χ0) is 20.2. The molecule has 0 saturated carbocycles. The van der Waals surface area contributed by atoms with Gasteiger partial charge in [0.1, 0.15) is 0 Å². The van der Waals surface area contributed by atoms with Crippen LogP contribution in [0, 0.1) is 12.8 Å². The summed E-state index contributed by atoms with van der Waals surface area (Å²) in [5, 5.41) is 7.38. The summed E-state index contributed by atoms with van der Waals surface area (Å²) in [6.07, 6.45) is 3.70. The molecule has 150 valence electrons. The van der Waals surface area contributed by atoms with Gasteiger partial charge in [-0.25, -0.2) is 9.97 Å². The first-order valence-electron chi connectivity index (χ1n) is 10.1. The number of nitrogens with one attached hydrogen (secondary N) is 2. The molecule has 0 aliphatic carbocycles. The molecule has 0 spiro atoms. The highest BCUT2D eigenvalue weighted by Gasteiger charge is 2.22. The lowest BCUT2D eigenvalue weighted by Crippen LogP contribution is -2.38. The monoisotopic (exact) mass is 389 g/mol. The van der Waals surface area contributed by atoms with Crippen molar-refractivity contribution in [1.29, 1.82) is 0 Å². The van der Waals surface area contributed by atoms with Crippen molar-refractivity contribution in [2.45, 2.75) is 26.3 Å². The maximum atomic E-state index is 12.4. The number of nitrogens with zero attached hydrogens (tertiary/aromatic N) is 3. The molecule has 6 nitrogen and oxygen atoms in total. The molecule has 2 heterocycles. The van der Waals surface area contributed by atoms with Gasteiger partial charge in [-0.3, -0.25) is 4.79 Å². The first kappa shape index (κ1) is 19.3. The van der Waals surface area contributed by atoms with E-state index >= 15 is 0 Å². The highest BCUT2D eigenvalue weighted by molar-refractivity contribution is 5.80. The Kier molecular flexibility index (Phi) is 5.71. The third-order valence-corrected chi connectivity index (χ3v) is 5.47. The van der Waals surface area contributed by atoms with Gasteiger partial charge in [0.25, 0.3) is 0 Å². The van der Waals surface area contributed by atoms with Crippen LogP contribution in [0.3, 0.4) is 0 Å². The third kappa shape index (κ3) is 4.90. The molecule has 1 saturated heterocycles. The number of rotatable bonds is 5. The fraction of sp³-hybridized carbons (Fsp3) is 0.348. The minimum Gasteiger partial charge on any atom is -0.352 e. The Morgan fingerprint density at radius 3 is 2.83 bits per heavy atom. The molecule has 2 aromatic carbocycles. The topological polar surface area (TPSA) is 70.2 Å². The first-order valence-corrected chi connectivity index (χ1v) is 10.1. The van der Waals surface area contributed by atoms with Gasteiger partial charge in [0.2, 0.25) is 11.9 Å². The maximum Gasteiger partial charge on any atom is 0.227 e. The van der Waals surface area contributed by atoms with E-state index in [0.29, 0.717) is 12.5 Å². The van der Waals surface area contributed by atoms with Crippen molar-refractivity contribution in [1.82, 2.24) is 20.2 Å². The average molecular weight is 390 g/mol. The number of carbonyl (C=O) groups is 1. The molecule has 1 fully saturated rings. The number of hydrogen-bond donors (Lipinski definition) is 2. The molecular weight excluding hydrogens is 362 g/mol. The number of likely N-dealkylation sites (tertiary alicyclic amines) is 1. The summed E-state index contributed by atoms with van der Waals surface area (Å²) >= 11 is 0. The normalized spacial score (nSPS) is 15.4. The summed E-state index contributed by atoms with van der Waals surface area (Å²) in [6, 6.07) is 14.1. The number of fused-ring (bicyclic) bond motifs is 1. The first-order chi connectivity index (χ1) is 14.1. The van der Waals surface area contributed by atoms with Gasteiger partial charge >= 0.3 is 0 Å². The van der Waals surface area contributed by atoms with E-state index in [2.05, 4.69) is 45.5 Å². The Morgan fingerprint density at radius 1 is 1.17 bits per heavy atom. The maximum absolute atomic E-state index is 12.4. The molecule has 0 bridgehead atoms. The van der Waals surface area contributed by atoms with Crippen LogP contribution in [0.1, 0.15) is 24.0 Å². The molecule has 2 N–H and O–H groups in total. The molecule has 4 rings (SSSR count). The fourth-order valence-electron chi connectivity index (χ4n) is 3.71. The van der Waals surface area contributed by atoms with Crippen molar-refractivity contribution < 1.29 is 4.79 Å². The Labute approximate surface area is 171 Å². The molecule has 1 amide bonds. The van der Waals surface area contributed by atoms with E-state index in [1.165, 1.54) is 5.56 Å². The number of aromatic nitrogens is 2. The van der Waals surface area contributed by atoms with E-state index in [1.807, 2.05) is 42.6 Å². The van der Waals surface area contributed by atoms with E-state index in [9.17, 15) is 4.79 Å². The highest BCUT2D eigenvalue weighted by Crippen LogP contribution is 2.19. The Bertz CT molecular complexity index is 1010. The van der Waals surface area contributed by atoms with Crippen LogP contribution in [-0.4, -0.2) is 40.9 Å². The lowest BCUT2D eigenvalue weighted by molar-refractivity contribution is -0.126. The van der Waals surface area contributed by atoms with Crippen molar-refractivity contribution in [3.05, 3.63) is 59.8 Å². The smallest absolute Gasteiger partial charge is 0.227 e. The van der Waals surface area contributed by atoms with Crippen LogP contribution in [0.15, 0.2) is 48.7 Å². The van der Waals surface area contributed by atoms with E-state index in [0.717, 1.165) is 48.1 Å². The summed E-state index contributed by atoms with van der Waals surface area (Å²) in [7, 11) is 2.10. The van der Waals surface area contributed by atoms with E-state index in [1.54, 1.807) is 0 Å². The number of anilines is 2. The summed E-state index contributed by atoms with van der Waals surface area (Å²) in [5.74, 6) is 0.848. The van der Waals surface area contributed by atoms with Crippen LogP contribution < -0.4 is 10.6 Å². The molecule has 29 heavy (non-hydrogen) atoms. The quantitative estimate of drug-likeness (QED) is 0.697. The fourth-order valence-corrected chi connectivity index (χ4v) is 3.71. The SMILES string of the molecule is Cc1ccc2nc(Nc3cccc(CNC(=O)C4CCN(C)CC4)c3)ncc2c1. The molecule has 1 aromatic heterocycles. The van der Waals surface area contributed by atoms with Crippen molar-refractivity contribution >= 4 is 28.4 Å². The van der Waals surface area contributed by atoms with Crippen LogP contribution in [0.5, 0.6) is 0 Å². The van der Waals surface area contributed by atoms with Gasteiger partial charge in [-0.05, 0) is 69.7 Å². The predicted molar refractivity (Wildman–Crippen MR) is 116 cm³/mol. The molecule has 1 aliphatic rings. The second-order valence-electron chi connectivity index (χ2n) is 7.88. The Balaban J connectivity index is 1.38. The van der Waals surface area contributed by atoms with Gasteiger partial charge in [-0.1, -0.05) is 23.8 Å². The lowest BCUT2D eigenvalue weighted by Gasteiger charge is -2.28. The summed E-state index contributed by atoms with van der Waals surface area (Å²) in [6.45, 7) is 4.56. The van der Waals surface area contributed by atoms with E-state index in [-0.39, 0.29) is 11.8 Å². The van der Waals surface area contributed by atoms with Gasteiger partial charge in [0.15, 0.2) is 0 Å². The van der Waals surface area contributed by atoms with E-state index < -0.39 is 0 Å². The minimum absolute atomic E-state index is 0.127. The standard InChI is InChI=1S/C23H27N5O/c1-16-6-7-21-19(12-16)15-25-23(27-21)26-20-5-3-4-17(13-20)14-24-22(29)18-8-10-28(2)11-9-18/h3-7,12-13,15,18H,8-11,14H2,1-2H3,(H,24,29)(H,25,26,27). The molecular formula is C23H27N5O. The van der Waals surface area contributed by atoms with Crippen molar-refractivity contribution in [2.24, 2.45) is 5.92 Å². The van der Waals surface area contributed by atoms with Gasteiger partial charge in [0.05, 0.1) is 5.52 Å². The summed E-state index contributed by atoms with van der Waals surface area (Å²) in [5.41, 5.74) is 4.06. The van der Waals surface area contributed by atoms with Crippen molar-refractivity contribution in [3.63, 3.8) is 0 Å². The number of benzene rings is 2. The van der Waals surface area contributed by atoms with Crippen LogP contribution >= 0.6 is 0 Å². The summed E-state index contributed by atoms with van der Waals surface area (Å²) < 4.78 is 0. The molecule has 6 heteroatoms. The van der Waals surface area contributed by atoms with E-state index in [4.69, 9.17) is 0 Å². The van der Waals surface area contributed by atoms with Crippen LogP contribution in [0.4, 0.5) is 11.6 Å². The number of carbonyl (C=O) groups excluding carboxylic acids is 1. The minimum atomic E-state index is 0.127. The zero-order valence-corrected chi connectivity index (χ0v) is 17.0. The van der Waals surface area contributed by atoms with Crippen molar-refractivity contribution in [2.75, 3.05) is 25.5 Å². The third-order valence-electron chi connectivity index (χ3n) is 5.47. The highest BCUT2D eigenvalue weighted by atomic mass is 16.1. The number of aryl methyl sites for hydroxylation is 1. The predicted octanol–water partition coefficient (Wildman–Crippen LogP) is 3.64. The van der Waals surface area contributed by atoms with Crippen LogP contribution in [0.2, 0.25) is 0 Å². The van der Waals surface area contributed by atoms with Gasteiger partial charge in [-0.2, -0.15) is 0 Å². The van der Waals surface area contributed by atoms with Gasteiger partial charge in [-0.15, -0.1) is 0 Å². The van der Waals surface area contributed by atoms with Crippen LogP contribution in [0.25, 0.3) is 10.9 Å². The molecule has 0 unspecified atom stereocenters. The number of amides is 1. The Morgan fingerprint density at radius 2 is 2.00 bits per heavy atom. The van der Waals surface area contributed by atoms with Gasteiger partial charge < -0.3 is 15.5 Å². The van der Waals surface area contributed by atoms with Crippen LogP contribution in [-0.2, 0) is 11.3 Å². The molecule has 3 aromatic rings. The van der Waals surface area contributed by atoms with Gasteiger partial charge in [0, 0.05) is 29.7 Å².